The number of benzene rings is 8. The van der Waals surface area contributed by atoms with Gasteiger partial charge in [-0.2, -0.15) is 48.4 Å². The van der Waals surface area contributed by atoms with Gasteiger partial charge in [0.15, 0.2) is 5.69 Å². The second kappa shape index (κ2) is 50.2. The molecule has 0 saturated heterocycles. The first-order chi connectivity index (χ1) is 56.5. The van der Waals surface area contributed by atoms with E-state index in [4.69, 9.17) is 46.9 Å². The molecule has 0 aliphatic heterocycles. The van der Waals surface area contributed by atoms with Crippen LogP contribution in [0.15, 0.2) is 231 Å². The van der Waals surface area contributed by atoms with Crippen LogP contribution in [0.3, 0.4) is 0 Å². The first-order valence-corrected chi connectivity index (χ1v) is 43.4. The molecule has 8 aromatic carbocycles. The Morgan fingerprint density at radius 2 is 1.05 bits per heavy atom. The average Bonchev–Trinajstić information content (AvgIpc) is 0.781. The maximum absolute atomic E-state index is 11.9. The molecule has 0 radical (unpaired) electrons. The molecule has 11 rings (SSSR count). The summed E-state index contributed by atoms with van der Waals surface area (Å²) in [5.74, 6) is -0.373. The number of alkyl halides is 6. The number of ketones is 1. The van der Waals surface area contributed by atoms with Crippen molar-refractivity contribution < 1.29 is 124 Å². The van der Waals surface area contributed by atoms with E-state index in [9.17, 15) is 95.9 Å². The van der Waals surface area contributed by atoms with Crippen LogP contribution in [0.25, 0.3) is 48.7 Å². The molecule has 642 valence electrons. The molecule has 0 bridgehead atoms. The number of ether oxygens (including phenoxy) is 4. The minimum Gasteiger partial charge on any atom is -0.588 e. The molecule has 31 nitrogen and oxygen atoms in total. The quantitative estimate of drug-likeness (QED) is 0.00628. The minimum absolute atomic E-state index is 0.00812. The maximum Gasteiger partial charge on any atom is 0.561 e. The molecule has 47 heteroatoms. The van der Waals surface area contributed by atoms with Gasteiger partial charge in [0.1, 0.15) is 29.5 Å². The van der Waals surface area contributed by atoms with Gasteiger partial charge in [-0.25, -0.2) is 9.41 Å². The number of H-pyrrole nitrogens is 3. The molecule has 11 aromatic rings. The predicted molar refractivity (Wildman–Crippen MR) is 454 cm³/mol. The van der Waals surface area contributed by atoms with Gasteiger partial charge in [0.2, 0.25) is 5.91 Å². The fraction of sp³-hybridized carbons (Fsp3) is 0.149. The van der Waals surface area contributed by atoms with Crippen LogP contribution >= 0.6 is 94.7 Å². The number of hydrogen-bond acceptors (Lipinski definition) is 24. The number of hydrogen-bond donors (Lipinski definition) is 10. The highest BCUT2D eigenvalue weighted by Crippen LogP contribution is 2.56. The first kappa shape index (κ1) is 105. The van der Waals surface area contributed by atoms with Gasteiger partial charge in [-0.1, -0.05) is 137 Å². The van der Waals surface area contributed by atoms with Crippen molar-refractivity contribution in [1.29, 1.82) is 5.26 Å². The van der Waals surface area contributed by atoms with Gasteiger partial charge in [0, 0.05) is 63.7 Å². The lowest BCUT2D eigenvalue weighted by atomic mass is 9.80. The number of nitrogens with two attached hydrogens (primary N) is 1. The zero-order chi connectivity index (χ0) is 91.3. The number of amides is 1. The number of aromatic hydroxyl groups is 1. The number of fused-ring (bicyclic) bond motifs is 3. The number of nitrogens with zero attached hydrogens (tertiary/aromatic N) is 2. The monoisotopic (exact) mass is 2080 g/mol. The van der Waals surface area contributed by atoms with Crippen molar-refractivity contribution in [3.05, 3.63) is 270 Å². The van der Waals surface area contributed by atoms with Gasteiger partial charge in [-0.15, -0.1) is 3.63 Å². The number of aromatic amines is 3. The number of aromatic nitrogens is 3. The number of halogens is 11. The fourth-order valence-corrected chi connectivity index (χ4v) is 12.9. The Labute approximate surface area is 726 Å². The largest absolute Gasteiger partial charge is 0.588 e. The van der Waals surface area contributed by atoms with Crippen molar-refractivity contribution >= 4 is 201 Å². The van der Waals surface area contributed by atoms with Crippen LogP contribution in [0.2, 0.25) is 0 Å². The second-order valence-corrected chi connectivity index (χ2v) is 34.6. The Bertz CT molecular complexity index is 5880. The molecule has 0 saturated carbocycles. The third-order valence-electron chi connectivity index (χ3n) is 14.0. The number of methoxy groups -OCH3 is 2. The van der Waals surface area contributed by atoms with Crippen molar-refractivity contribution in [1.82, 2.24) is 15.0 Å². The van der Waals surface area contributed by atoms with Crippen LogP contribution in [0.5, 0.6) is 17.2 Å². The lowest BCUT2D eigenvalue weighted by molar-refractivity contribution is -0.160. The standard InChI is InChI=1S/C17H12N2O2.C16H13Br2NO2.C10H8BrNO2.C9H6BrNO2.C7H6BNO2.C7H12O4.C6H6BrN.C2F6O5S2.H2O5P2/c1-21-15-9-16(20)19-14-4-2-3-13(17(14)15)12-7-5-11(10-18)6-8-12;17-12-4-1-3-11(7-12)8-15(20)10-16(21)19-14-6-2-5-13(18)9-14;1-14-8-5-9(13)12-7-4-2-3-6(11)10(7)8;10-5-2-1-3-6-9(5)7(12)4-8(13)11-6;1-9-7-4-2-6(3-5-7)8(10)11;1-3-10-6(8)5-7(9)11-4-2;7-5-2-1-3-6(8)4-5;3-1(4,5)14(9,10)13-15(11,12)2(6,7)8;1-6(2)7(3,4)5/h2-9H,1H3,(H,19,20);1-7,9H,8,10H2,(H,19,21);2-5H,1H3,(H,12,13);1-4H,(H2,11,12,13);2-5,10-11H;3-5H2,1-2H3;1-4H,8H2;;(H2,3,4,5). The third kappa shape index (κ3) is 36.9. The summed E-state index contributed by atoms with van der Waals surface area (Å²) in [5, 5.41) is 40.8. The second-order valence-electron chi connectivity index (χ2n) is 22.8. The Morgan fingerprint density at radius 1 is 0.620 bits per heavy atom. The summed E-state index contributed by atoms with van der Waals surface area (Å²) in [6, 6.07) is 58.5. The average molecular weight is 2090 g/mol. The zero-order valence-electron chi connectivity index (χ0n) is 62.4. The lowest BCUT2D eigenvalue weighted by Crippen LogP contribution is -2.34. The van der Waals surface area contributed by atoms with E-state index in [2.05, 4.69) is 120 Å². The molecule has 1 unspecified atom stereocenters. The minimum atomic E-state index is -6.85. The van der Waals surface area contributed by atoms with E-state index < -0.39 is 65.3 Å². The number of anilines is 2. The number of pyridine rings is 3. The number of carbonyl (C=O) groups is 4. The lowest BCUT2D eigenvalue weighted by Gasteiger charge is -2.10. The molecular formula is C74H65BBr5F6N7O24P2S2. The van der Waals surface area contributed by atoms with E-state index in [-0.39, 0.29) is 66.6 Å². The van der Waals surface area contributed by atoms with Gasteiger partial charge in [-0.3, -0.25) is 43.3 Å². The van der Waals surface area contributed by atoms with Crippen LogP contribution in [0, 0.1) is 17.9 Å². The molecule has 3 heterocycles. The molecule has 1 amide bonds. The molecule has 0 fully saturated rings. The maximum atomic E-state index is 11.9. The number of nitriles is 1. The molecule has 3 aromatic heterocycles. The highest BCUT2D eigenvalue weighted by molar-refractivity contribution is 9.11. The van der Waals surface area contributed by atoms with E-state index in [1.54, 1.807) is 82.7 Å². The van der Waals surface area contributed by atoms with E-state index in [1.807, 2.05) is 113 Å². The summed E-state index contributed by atoms with van der Waals surface area (Å²) in [4.78, 5) is 115. The molecule has 0 aliphatic carbocycles. The number of nitrogen functional groups attached to an aromatic ring is 1. The first-order valence-electron chi connectivity index (χ1n) is 33.1. The van der Waals surface area contributed by atoms with E-state index >= 15 is 0 Å². The van der Waals surface area contributed by atoms with Crippen LogP contribution in [-0.2, 0) is 68.1 Å². The number of esters is 2. The molecular weight excluding hydrogens is 2020 g/mol. The van der Waals surface area contributed by atoms with Crippen LogP contribution in [-0.4, -0.2) is 126 Å². The highest BCUT2D eigenvalue weighted by atomic mass is 79.9. The summed E-state index contributed by atoms with van der Waals surface area (Å²) >= 11 is 16.7. The van der Waals surface area contributed by atoms with Crippen LogP contribution < -0.4 is 47.6 Å². The highest BCUT2D eigenvalue weighted by Gasteiger charge is 2.57. The fourth-order valence-electron chi connectivity index (χ4n) is 8.91. The van der Waals surface area contributed by atoms with Gasteiger partial charge in [-0.05, 0) is 159 Å². The molecule has 121 heavy (non-hydrogen) atoms. The number of rotatable bonds is 16. The van der Waals surface area contributed by atoms with E-state index in [1.165, 1.54) is 24.3 Å². The summed E-state index contributed by atoms with van der Waals surface area (Å²) < 4.78 is 153. The smallest absolute Gasteiger partial charge is 0.561 e. The topological polar surface area (TPSA) is 506 Å². The Hall–Kier alpha value is -10.3. The van der Waals surface area contributed by atoms with Crippen molar-refractivity contribution in [2.45, 2.75) is 44.1 Å². The van der Waals surface area contributed by atoms with Gasteiger partial charge in [0.05, 0.1) is 79.4 Å². The van der Waals surface area contributed by atoms with Crippen molar-refractivity contribution in [3.8, 4) is 34.4 Å². The van der Waals surface area contributed by atoms with Crippen molar-refractivity contribution in [2.75, 3.05) is 38.5 Å². The van der Waals surface area contributed by atoms with Crippen LogP contribution in [0.4, 0.5) is 43.4 Å². The SMILES string of the molecule is CCOC(=O)CC(=O)OCC.COc1cc(=O)[nH]c2cccc(-c3ccc(C#N)cc3)c12.COc1cc(=O)[nH]c2cccc(Br)c12.Nc1cccc(Br)c1.O=C(CC(=O)Nc1cccc(Br)c1)Cc1cccc(Br)c1.O=S(=O)(OS(=O)(=O)C(F)(F)F)C(F)(F)F.O=[P+]([O-])P(=O)(O)O.O=c1cc(O)c2c(Br)cccc2[nH]1.[C-]#[N+]c1ccc(B(O)O)cc1. The predicted octanol–water partition coefficient (Wildman–Crippen LogP) is 14.1. The Morgan fingerprint density at radius 3 is 1.47 bits per heavy atom. The third-order valence-corrected chi connectivity index (χ3v) is 21.0. The molecule has 0 aliphatic rings. The van der Waals surface area contributed by atoms with E-state index in [0.29, 0.717) is 44.8 Å². The summed E-state index contributed by atoms with van der Waals surface area (Å²) in [5.41, 5.74) is 0.139. The number of nitrogens with one attached hydrogen (secondary N) is 4. The number of carbonyl (C=O) groups excluding carboxylic acids is 4. The van der Waals surface area contributed by atoms with E-state index in [0.717, 1.165) is 72.6 Å². The summed E-state index contributed by atoms with van der Waals surface area (Å²) in [6.45, 7) is 10.6. The summed E-state index contributed by atoms with van der Waals surface area (Å²) in [7, 11) is -20.4. The van der Waals surface area contributed by atoms with Crippen molar-refractivity contribution in [3.63, 3.8) is 0 Å². The van der Waals surface area contributed by atoms with Gasteiger partial charge >= 0.3 is 65.3 Å². The Kier molecular flexibility index (Phi) is 43.5. The van der Waals surface area contributed by atoms with Gasteiger partial charge < -0.3 is 65.0 Å². The molecule has 0 spiro atoms. The van der Waals surface area contributed by atoms with Gasteiger partial charge in [0.25, 0.3) is 16.7 Å². The molecule has 1 atom stereocenters. The summed E-state index contributed by atoms with van der Waals surface area (Å²) in [6.07, 6.45) is -0.161. The number of Topliss-reactive ketones (excluding diaryl/α,β-unsaturated/α-hetero) is 1. The zero-order valence-corrected chi connectivity index (χ0v) is 73.8. The normalized spacial score (nSPS) is 10.8. The Balaban J connectivity index is 0.000000359. The van der Waals surface area contributed by atoms with Crippen molar-refractivity contribution in [2.24, 2.45) is 0 Å². The molecule has 11 N–H and O–H groups in total. The van der Waals surface area contributed by atoms with Crippen LogP contribution in [0.1, 0.15) is 37.8 Å².